The summed E-state index contributed by atoms with van der Waals surface area (Å²) in [4.78, 5) is 0. The number of para-hydroxylation sites is 1. The number of hydrogen-bond acceptors (Lipinski definition) is 3. The van der Waals surface area contributed by atoms with Crippen molar-refractivity contribution in [3.8, 4) is 11.5 Å². The predicted octanol–water partition coefficient (Wildman–Crippen LogP) is 4.15. The molecule has 0 radical (unpaired) electrons. The van der Waals surface area contributed by atoms with Gasteiger partial charge in [0.15, 0.2) is 0 Å². The van der Waals surface area contributed by atoms with E-state index in [2.05, 4.69) is 49.5 Å². The van der Waals surface area contributed by atoms with Crippen molar-refractivity contribution >= 4 is 5.69 Å². The van der Waals surface area contributed by atoms with Gasteiger partial charge in [-0.3, -0.25) is 0 Å². The Morgan fingerprint density at radius 1 is 1.18 bits per heavy atom. The molecule has 3 heteroatoms. The molecule has 1 N–H and O–H groups in total. The molecule has 0 unspecified atom stereocenters. The number of ether oxygens (including phenoxy) is 2. The average molecular weight is 295 g/mol. The van der Waals surface area contributed by atoms with Gasteiger partial charge in [-0.05, 0) is 29.8 Å². The SMILES string of the molecule is COc1ccc2c(c1)C(C)(C)[C@H]1COc3ccccc3[C@@H]1N2. The highest BCUT2D eigenvalue weighted by atomic mass is 16.5. The van der Waals surface area contributed by atoms with Gasteiger partial charge in [-0.25, -0.2) is 0 Å². The fraction of sp³-hybridized carbons (Fsp3) is 0.368. The number of hydrogen-bond donors (Lipinski definition) is 1. The highest BCUT2D eigenvalue weighted by molar-refractivity contribution is 5.62. The van der Waals surface area contributed by atoms with E-state index in [-0.39, 0.29) is 5.41 Å². The largest absolute Gasteiger partial charge is 0.497 e. The zero-order valence-electron chi connectivity index (χ0n) is 13.2. The van der Waals surface area contributed by atoms with Gasteiger partial charge in [0.1, 0.15) is 11.5 Å². The third-order valence-corrected chi connectivity index (χ3v) is 5.23. The third kappa shape index (κ3) is 1.81. The molecular weight excluding hydrogens is 274 g/mol. The molecular formula is C19H21NO2. The van der Waals surface area contributed by atoms with E-state index in [4.69, 9.17) is 9.47 Å². The Labute approximate surface area is 131 Å². The van der Waals surface area contributed by atoms with Crippen molar-refractivity contribution in [1.29, 1.82) is 0 Å². The Balaban J connectivity index is 1.85. The van der Waals surface area contributed by atoms with Gasteiger partial charge < -0.3 is 14.8 Å². The van der Waals surface area contributed by atoms with Crippen molar-refractivity contribution in [3.63, 3.8) is 0 Å². The molecule has 0 spiro atoms. The van der Waals surface area contributed by atoms with Crippen molar-refractivity contribution in [2.45, 2.75) is 25.3 Å². The van der Waals surface area contributed by atoms with E-state index >= 15 is 0 Å². The summed E-state index contributed by atoms with van der Waals surface area (Å²) in [6.07, 6.45) is 0. The maximum absolute atomic E-state index is 6.03. The smallest absolute Gasteiger partial charge is 0.124 e. The van der Waals surface area contributed by atoms with E-state index in [0.717, 1.165) is 18.1 Å². The molecule has 0 saturated carbocycles. The zero-order valence-corrected chi connectivity index (χ0v) is 13.2. The number of fused-ring (bicyclic) bond motifs is 4. The molecule has 4 rings (SSSR count). The topological polar surface area (TPSA) is 30.5 Å². The lowest BCUT2D eigenvalue weighted by molar-refractivity contribution is 0.135. The van der Waals surface area contributed by atoms with Crippen LogP contribution in [0.1, 0.15) is 31.0 Å². The minimum absolute atomic E-state index is 0.0212. The van der Waals surface area contributed by atoms with Gasteiger partial charge in [-0.1, -0.05) is 32.0 Å². The predicted molar refractivity (Wildman–Crippen MR) is 87.8 cm³/mol. The molecule has 0 aliphatic carbocycles. The van der Waals surface area contributed by atoms with Crippen LogP contribution >= 0.6 is 0 Å². The number of methoxy groups -OCH3 is 1. The third-order valence-electron chi connectivity index (χ3n) is 5.23. The highest BCUT2D eigenvalue weighted by Crippen LogP contribution is 2.52. The maximum atomic E-state index is 6.03. The average Bonchev–Trinajstić information content (AvgIpc) is 2.54. The normalized spacial score (nSPS) is 24.1. The van der Waals surface area contributed by atoms with Gasteiger partial charge in [-0.2, -0.15) is 0 Å². The Morgan fingerprint density at radius 3 is 2.82 bits per heavy atom. The summed E-state index contributed by atoms with van der Waals surface area (Å²) in [6.45, 7) is 5.35. The minimum atomic E-state index is 0.0212. The molecule has 2 aliphatic heterocycles. The Morgan fingerprint density at radius 2 is 2.00 bits per heavy atom. The van der Waals surface area contributed by atoms with E-state index in [9.17, 15) is 0 Å². The first-order chi connectivity index (χ1) is 10.6. The van der Waals surface area contributed by atoms with Gasteiger partial charge in [-0.15, -0.1) is 0 Å². The van der Waals surface area contributed by atoms with E-state index in [1.807, 2.05) is 12.1 Å². The second kappa shape index (κ2) is 4.67. The van der Waals surface area contributed by atoms with Crippen LogP contribution in [-0.2, 0) is 5.41 Å². The Bertz CT molecular complexity index is 723. The van der Waals surface area contributed by atoms with Crippen LogP contribution in [0.2, 0.25) is 0 Å². The summed E-state index contributed by atoms with van der Waals surface area (Å²) in [5.41, 5.74) is 3.78. The summed E-state index contributed by atoms with van der Waals surface area (Å²) in [5.74, 6) is 2.30. The lowest BCUT2D eigenvalue weighted by Crippen LogP contribution is -2.46. The summed E-state index contributed by atoms with van der Waals surface area (Å²) < 4.78 is 11.4. The van der Waals surface area contributed by atoms with Gasteiger partial charge in [0.05, 0.1) is 19.8 Å². The van der Waals surface area contributed by atoms with Crippen molar-refractivity contribution in [2.24, 2.45) is 5.92 Å². The first-order valence-corrected chi connectivity index (χ1v) is 7.78. The first-order valence-electron chi connectivity index (χ1n) is 7.78. The van der Waals surface area contributed by atoms with Crippen LogP contribution in [0.15, 0.2) is 42.5 Å². The molecule has 0 fully saturated rings. The van der Waals surface area contributed by atoms with Gasteiger partial charge >= 0.3 is 0 Å². The van der Waals surface area contributed by atoms with E-state index in [1.165, 1.54) is 16.8 Å². The quantitative estimate of drug-likeness (QED) is 0.857. The highest BCUT2D eigenvalue weighted by Gasteiger charge is 2.46. The van der Waals surface area contributed by atoms with Crippen LogP contribution in [0.4, 0.5) is 5.69 Å². The van der Waals surface area contributed by atoms with Gasteiger partial charge in [0.2, 0.25) is 0 Å². The van der Waals surface area contributed by atoms with Crippen LogP contribution in [0.5, 0.6) is 11.5 Å². The number of benzene rings is 2. The van der Waals surface area contributed by atoms with Crippen LogP contribution < -0.4 is 14.8 Å². The zero-order chi connectivity index (χ0) is 15.3. The molecule has 0 amide bonds. The monoisotopic (exact) mass is 295 g/mol. The van der Waals surface area contributed by atoms with E-state index in [0.29, 0.717) is 12.0 Å². The maximum Gasteiger partial charge on any atom is 0.124 e. The minimum Gasteiger partial charge on any atom is -0.497 e. The van der Waals surface area contributed by atoms with E-state index < -0.39 is 0 Å². The second-order valence-corrected chi connectivity index (χ2v) is 6.71. The van der Waals surface area contributed by atoms with Crippen LogP contribution in [0, 0.1) is 5.92 Å². The molecule has 0 bridgehead atoms. The summed E-state index contributed by atoms with van der Waals surface area (Å²) >= 11 is 0. The summed E-state index contributed by atoms with van der Waals surface area (Å²) in [5, 5.41) is 3.73. The van der Waals surface area contributed by atoms with Crippen molar-refractivity contribution < 1.29 is 9.47 Å². The van der Waals surface area contributed by atoms with Gasteiger partial charge in [0, 0.05) is 22.6 Å². The Hall–Kier alpha value is -2.16. The molecule has 0 aromatic heterocycles. The van der Waals surface area contributed by atoms with Gasteiger partial charge in [0.25, 0.3) is 0 Å². The fourth-order valence-corrected chi connectivity index (χ4v) is 3.84. The Kier molecular flexibility index (Phi) is 2.86. The number of rotatable bonds is 1. The molecule has 2 aliphatic rings. The molecule has 2 aromatic rings. The summed E-state index contributed by atoms with van der Waals surface area (Å²) in [7, 11) is 1.72. The molecule has 2 atom stereocenters. The standard InChI is InChI=1S/C19H21NO2/c1-19(2)14-10-12(21-3)8-9-16(14)20-18-13-6-4-5-7-17(13)22-11-15(18)19/h4-10,15,18,20H,11H2,1-3H3/t15-,18-/m0/s1. The molecule has 0 saturated heterocycles. The first kappa shape index (κ1) is 13.5. The number of nitrogens with one attached hydrogen (secondary N) is 1. The van der Waals surface area contributed by atoms with Crippen LogP contribution in [-0.4, -0.2) is 13.7 Å². The fourth-order valence-electron chi connectivity index (χ4n) is 3.84. The van der Waals surface area contributed by atoms with Crippen molar-refractivity contribution in [1.82, 2.24) is 0 Å². The lowest BCUT2D eigenvalue weighted by atomic mass is 9.65. The van der Waals surface area contributed by atoms with Crippen LogP contribution in [0.3, 0.4) is 0 Å². The summed E-state index contributed by atoms with van der Waals surface area (Å²) in [6, 6.07) is 14.9. The van der Waals surface area contributed by atoms with Crippen molar-refractivity contribution in [3.05, 3.63) is 53.6 Å². The molecule has 3 nitrogen and oxygen atoms in total. The number of anilines is 1. The lowest BCUT2D eigenvalue weighted by Gasteiger charge is -2.48. The molecule has 2 aromatic carbocycles. The molecule has 22 heavy (non-hydrogen) atoms. The van der Waals surface area contributed by atoms with Crippen molar-refractivity contribution in [2.75, 3.05) is 19.0 Å². The van der Waals surface area contributed by atoms with Crippen LogP contribution in [0.25, 0.3) is 0 Å². The second-order valence-electron chi connectivity index (χ2n) is 6.71. The molecule has 114 valence electrons. The van der Waals surface area contributed by atoms with E-state index in [1.54, 1.807) is 7.11 Å². The molecule has 2 heterocycles.